The van der Waals surface area contributed by atoms with Gasteiger partial charge >= 0.3 is 0 Å². The molecule has 2 aromatic carbocycles. The number of nitrogens with one attached hydrogen (secondary N) is 1. The van der Waals surface area contributed by atoms with Gasteiger partial charge in [-0.2, -0.15) is 0 Å². The van der Waals surface area contributed by atoms with E-state index in [-0.39, 0.29) is 29.6 Å². The molecule has 1 aliphatic heterocycles. The summed E-state index contributed by atoms with van der Waals surface area (Å²) < 4.78 is 11.4. The van der Waals surface area contributed by atoms with Gasteiger partial charge in [-0.3, -0.25) is 9.59 Å². The molecule has 0 saturated heterocycles. The van der Waals surface area contributed by atoms with Crippen molar-refractivity contribution in [3.63, 3.8) is 0 Å². The van der Waals surface area contributed by atoms with Gasteiger partial charge in [-0.15, -0.1) is 0 Å². The highest BCUT2D eigenvalue weighted by Gasteiger charge is 2.38. The Morgan fingerprint density at radius 2 is 1.58 bits per heavy atom. The number of amides is 1. The average Bonchev–Trinajstić information content (AvgIpc) is 2.78. The van der Waals surface area contributed by atoms with Crippen molar-refractivity contribution in [2.45, 2.75) is 70.8 Å². The lowest BCUT2D eigenvalue weighted by Crippen LogP contribution is -2.38. The molecule has 5 nitrogen and oxygen atoms in total. The number of carbonyl (C=O) groups is 2. The lowest BCUT2D eigenvalue weighted by molar-refractivity contribution is -0.122. The molecule has 2 unspecified atom stereocenters. The largest absolute Gasteiger partial charge is 0.493 e. The minimum absolute atomic E-state index is 0.0133. The van der Waals surface area contributed by atoms with Crippen LogP contribution in [0.3, 0.4) is 0 Å². The number of ether oxygens (including phenoxy) is 2. The van der Waals surface area contributed by atoms with Crippen LogP contribution in [-0.2, 0) is 9.59 Å². The topological polar surface area (TPSA) is 64.6 Å². The van der Waals surface area contributed by atoms with Crippen molar-refractivity contribution in [2.24, 2.45) is 0 Å². The summed E-state index contributed by atoms with van der Waals surface area (Å²) in [5.41, 5.74) is 4.84. The Morgan fingerprint density at radius 3 is 2.21 bits per heavy atom. The summed E-state index contributed by atoms with van der Waals surface area (Å²) in [5.74, 6) is 1.67. The molecule has 174 valence electrons. The maximum absolute atomic E-state index is 13.4. The van der Waals surface area contributed by atoms with E-state index in [2.05, 4.69) is 43.4 Å². The number of hydrogen-bond donors (Lipinski definition) is 1. The van der Waals surface area contributed by atoms with Crippen LogP contribution in [-0.4, -0.2) is 24.9 Å². The molecule has 2 aliphatic rings. The van der Waals surface area contributed by atoms with E-state index in [1.165, 1.54) is 5.56 Å². The van der Waals surface area contributed by atoms with Crippen molar-refractivity contribution in [1.82, 2.24) is 5.32 Å². The molecule has 33 heavy (non-hydrogen) atoms. The zero-order chi connectivity index (χ0) is 23.7. The molecule has 0 bridgehead atoms. The highest BCUT2D eigenvalue weighted by atomic mass is 16.5. The quantitative estimate of drug-likeness (QED) is 0.625. The second kappa shape index (κ2) is 9.42. The summed E-state index contributed by atoms with van der Waals surface area (Å²) >= 11 is 0. The first kappa shape index (κ1) is 23.1. The van der Waals surface area contributed by atoms with Crippen molar-refractivity contribution in [3.8, 4) is 11.5 Å². The molecular formula is C28H33NO4. The number of carbonyl (C=O) groups excluding carboxylic acids is 2. The molecule has 4 rings (SSSR count). The highest BCUT2D eigenvalue weighted by molar-refractivity contribution is 6.02. The van der Waals surface area contributed by atoms with Gasteiger partial charge in [0.05, 0.1) is 13.2 Å². The van der Waals surface area contributed by atoms with Crippen LogP contribution in [0.5, 0.6) is 11.5 Å². The molecule has 2 aromatic rings. The Balaban J connectivity index is 1.64. The molecule has 1 amide bonds. The second-order valence-corrected chi connectivity index (χ2v) is 9.62. The second-order valence-electron chi connectivity index (χ2n) is 9.62. The van der Waals surface area contributed by atoms with E-state index in [4.69, 9.17) is 9.47 Å². The Bertz CT molecular complexity index is 1080. The zero-order valence-corrected chi connectivity index (χ0v) is 20.1. The zero-order valence-electron chi connectivity index (χ0n) is 20.1. The lowest BCUT2D eigenvalue weighted by Gasteiger charge is -2.34. The maximum atomic E-state index is 13.4. The van der Waals surface area contributed by atoms with Crippen LogP contribution in [0.4, 0.5) is 0 Å². The van der Waals surface area contributed by atoms with E-state index >= 15 is 0 Å². The molecule has 1 N–H and O–H groups in total. The van der Waals surface area contributed by atoms with Crippen molar-refractivity contribution in [1.29, 1.82) is 0 Å². The molecule has 0 spiro atoms. The van der Waals surface area contributed by atoms with Gasteiger partial charge in [-0.1, -0.05) is 44.2 Å². The summed E-state index contributed by atoms with van der Waals surface area (Å²) in [6, 6.07) is 14.2. The summed E-state index contributed by atoms with van der Waals surface area (Å²) in [6.07, 6.45) is 1.40. The van der Waals surface area contributed by atoms with Gasteiger partial charge in [0.2, 0.25) is 5.91 Å². The minimum atomic E-state index is -0.181. The predicted octanol–water partition coefficient (Wildman–Crippen LogP) is 5.61. The van der Waals surface area contributed by atoms with E-state index in [1.54, 1.807) is 7.11 Å². The lowest BCUT2D eigenvalue weighted by atomic mass is 9.73. The Hall–Kier alpha value is -3.08. The smallest absolute Gasteiger partial charge is 0.225 e. The number of methoxy groups -OCH3 is 1. The van der Waals surface area contributed by atoms with Crippen LogP contribution in [0.15, 0.2) is 53.7 Å². The summed E-state index contributed by atoms with van der Waals surface area (Å²) in [7, 11) is 1.62. The average molecular weight is 448 g/mol. The SMILES string of the molecule is COc1cc(C2CC(=O)C3=C(C2)NC(=O)CC3c2ccc(C(C)C)cc2)ccc1OC(C)C. The number of hydrogen-bond acceptors (Lipinski definition) is 4. The molecule has 2 atom stereocenters. The fourth-order valence-electron chi connectivity index (χ4n) is 4.88. The van der Waals surface area contributed by atoms with Gasteiger partial charge in [-0.25, -0.2) is 0 Å². The third-order valence-electron chi connectivity index (χ3n) is 6.56. The van der Waals surface area contributed by atoms with Gasteiger partial charge in [-0.05, 0) is 60.9 Å². The molecule has 0 radical (unpaired) electrons. The number of allylic oxidation sites excluding steroid dienone is 2. The normalized spacial score (nSPS) is 20.7. The molecule has 1 aliphatic carbocycles. The van der Waals surface area contributed by atoms with Crippen molar-refractivity contribution >= 4 is 11.7 Å². The summed E-state index contributed by atoms with van der Waals surface area (Å²) in [5, 5.41) is 3.01. The molecule has 0 fully saturated rings. The minimum Gasteiger partial charge on any atom is -0.493 e. The van der Waals surface area contributed by atoms with Crippen LogP contribution in [0.1, 0.15) is 81.4 Å². The van der Waals surface area contributed by atoms with Gasteiger partial charge in [0, 0.05) is 30.0 Å². The standard InChI is InChI=1S/C28H33NO4/c1-16(2)18-6-8-19(9-7-18)22-15-27(31)29-23-12-21(13-24(30)28(22)23)20-10-11-25(33-17(3)4)26(14-20)32-5/h6-11,14,16-17,21-22H,12-13,15H2,1-5H3,(H,29,31). The molecule has 1 heterocycles. The molecule has 0 aromatic heterocycles. The molecule has 5 heteroatoms. The Morgan fingerprint density at radius 1 is 0.879 bits per heavy atom. The molecule has 0 saturated carbocycles. The van der Waals surface area contributed by atoms with E-state index in [0.717, 1.165) is 22.4 Å². The van der Waals surface area contributed by atoms with Crippen LogP contribution in [0, 0.1) is 0 Å². The van der Waals surface area contributed by atoms with Crippen molar-refractivity contribution in [3.05, 3.63) is 70.4 Å². The fourth-order valence-corrected chi connectivity index (χ4v) is 4.88. The van der Waals surface area contributed by atoms with Gasteiger partial charge in [0.15, 0.2) is 17.3 Å². The van der Waals surface area contributed by atoms with Gasteiger partial charge < -0.3 is 14.8 Å². The first-order chi connectivity index (χ1) is 15.8. The van der Waals surface area contributed by atoms with Gasteiger partial charge in [0.25, 0.3) is 0 Å². The fraction of sp³-hybridized carbons (Fsp3) is 0.429. The van der Waals surface area contributed by atoms with E-state index in [1.807, 2.05) is 32.0 Å². The van der Waals surface area contributed by atoms with E-state index in [0.29, 0.717) is 36.7 Å². The summed E-state index contributed by atoms with van der Waals surface area (Å²) in [4.78, 5) is 26.0. The third kappa shape index (κ3) is 4.82. The predicted molar refractivity (Wildman–Crippen MR) is 129 cm³/mol. The Kier molecular flexibility index (Phi) is 6.59. The van der Waals surface area contributed by atoms with E-state index in [9.17, 15) is 9.59 Å². The van der Waals surface area contributed by atoms with Crippen LogP contribution in [0.2, 0.25) is 0 Å². The summed E-state index contributed by atoms with van der Waals surface area (Å²) in [6.45, 7) is 8.26. The number of benzene rings is 2. The van der Waals surface area contributed by atoms with Crippen LogP contribution >= 0.6 is 0 Å². The third-order valence-corrected chi connectivity index (χ3v) is 6.56. The van der Waals surface area contributed by atoms with Crippen molar-refractivity contribution < 1.29 is 19.1 Å². The monoisotopic (exact) mass is 447 g/mol. The Labute approximate surface area is 196 Å². The number of rotatable bonds is 6. The van der Waals surface area contributed by atoms with Gasteiger partial charge in [0.1, 0.15) is 0 Å². The highest BCUT2D eigenvalue weighted by Crippen LogP contribution is 2.44. The van der Waals surface area contributed by atoms with Crippen LogP contribution < -0.4 is 14.8 Å². The first-order valence-electron chi connectivity index (χ1n) is 11.8. The number of Topliss-reactive ketones (excluding diaryl/α,β-unsaturated/α-hetero) is 1. The first-order valence-corrected chi connectivity index (χ1v) is 11.8. The molecular weight excluding hydrogens is 414 g/mol. The number of ketones is 1. The van der Waals surface area contributed by atoms with Crippen LogP contribution in [0.25, 0.3) is 0 Å². The van der Waals surface area contributed by atoms with E-state index < -0.39 is 0 Å². The maximum Gasteiger partial charge on any atom is 0.225 e. The van der Waals surface area contributed by atoms with Crippen molar-refractivity contribution in [2.75, 3.05) is 7.11 Å².